The lowest BCUT2D eigenvalue weighted by atomic mass is 9.87. The second-order valence-corrected chi connectivity index (χ2v) is 4.28. The van der Waals surface area contributed by atoms with Crippen LogP contribution in [0.4, 0.5) is 0 Å². The van der Waals surface area contributed by atoms with E-state index in [4.69, 9.17) is 5.21 Å². The monoisotopic (exact) mass is 239 g/mol. The van der Waals surface area contributed by atoms with Gasteiger partial charge in [0.15, 0.2) is 0 Å². The van der Waals surface area contributed by atoms with E-state index in [1.165, 1.54) is 18.0 Å². The van der Waals surface area contributed by atoms with Gasteiger partial charge in [-0.2, -0.15) is 0 Å². The third kappa shape index (κ3) is 10.9. The van der Waals surface area contributed by atoms with Gasteiger partial charge in [-0.05, 0) is 11.0 Å². The molecule has 3 nitrogen and oxygen atoms in total. The molecule has 0 spiro atoms. The van der Waals surface area contributed by atoms with Crippen LogP contribution in [0.25, 0.3) is 0 Å². The van der Waals surface area contributed by atoms with Crippen molar-refractivity contribution in [1.29, 1.82) is 0 Å². The standard InChI is InChI=1S/C10H14.C2H5NO2.C2H6/c1-10(2,3)9-7-5-4-6-8-9;1-2(4)3-5;1-2/h4-8H,1-3H3;5H,1H3,(H,3,4);1-2H3. The average molecular weight is 239 g/mol. The minimum absolute atomic E-state index is 0.293. The Labute approximate surface area is 105 Å². The molecule has 17 heavy (non-hydrogen) atoms. The molecule has 0 atom stereocenters. The van der Waals surface area contributed by atoms with Crippen LogP contribution in [0.15, 0.2) is 30.3 Å². The van der Waals surface area contributed by atoms with Crippen molar-refractivity contribution in [3.8, 4) is 0 Å². The van der Waals surface area contributed by atoms with Gasteiger partial charge in [0.25, 0.3) is 0 Å². The fraction of sp³-hybridized carbons (Fsp3) is 0.500. The molecule has 0 aliphatic rings. The Morgan fingerprint density at radius 3 is 1.65 bits per heavy atom. The van der Waals surface area contributed by atoms with Crippen molar-refractivity contribution in [3.63, 3.8) is 0 Å². The maximum Gasteiger partial charge on any atom is 0.240 e. The average Bonchev–Trinajstić information content (AvgIpc) is 2.32. The number of amides is 1. The third-order valence-electron chi connectivity index (χ3n) is 1.80. The maximum atomic E-state index is 9.45. The molecule has 0 saturated carbocycles. The van der Waals surface area contributed by atoms with Gasteiger partial charge in [-0.1, -0.05) is 65.0 Å². The number of hydroxylamine groups is 1. The van der Waals surface area contributed by atoms with Gasteiger partial charge >= 0.3 is 0 Å². The van der Waals surface area contributed by atoms with E-state index in [1.54, 1.807) is 0 Å². The first-order chi connectivity index (χ1) is 7.88. The van der Waals surface area contributed by atoms with Crippen LogP contribution in [0, 0.1) is 0 Å². The van der Waals surface area contributed by atoms with E-state index in [9.17, 15) is 4.79 Å². The molecule has 0 unspecified atom stereocenters. The number of carbonyl (C=O) groups is 1. The lowest BCUT2D eigenvalue weighted by molar-refractivity contribution is -0.126. The fourth-order valence-electron chi connectivity index (χ4n) is 0.938. The van der Waals surface area contributed by atoms with Crippen molar-refractivity contribution in [2.45, 2.75) is 47.0 Å². The Kier molecular flexibility index (Phi) is 10.4. The number of benzene rings is 1. The van der Waals surface area contributed by atoms with Crippen LogP contribution in [-0.4, -0.2) is 11.1 Å². The fourth-order valence-corrected chi connectivity index (χ4v) is 0.938. The Bertz CT molecular complexity index is 289. The molecule has 0 radical (unpaired) electrons. The molecule has 0 aliphatic carbocycles. The molecule has 0 saturated heterocycles. The van der Waals surface area contributed by atoms with E-state index in [-0.39, 0.29) is 0 Å². The Hall–Kier alpha value is -1.35. The van der Waals surface area contributed by atoms with Crippen LogP contribution in [0.2, 0.25) is 0 Å². The predicted molar refractivity (Wildman–Crippen MR) is 72.1 cm³/mol. The highest BCUT2D eigenvalue weighted by atomic mass is 16.5. The molecule has 1 aromatic rings. The summed E-state index contributed by atoms with van der Waals surface area (Å²) in [5.74, 6) is -0.440. The quantitative estimate of drug-likeness (QED) is 0.537. The molecule has 1 aromatic carbocycles. The van der Waals surface area contributed by atoms with Crippen molar-refractivity contribution >= 4 is 5.91 Å². The number of hydrogen-bond donors (Lipinski definition) is 2. The maximum absolute atomic E-state index is 9.45. The van der Waals surface area contributed by atoms with Crippen LogP contribution in [0.5, 0.6) is 0 Å². The van der Waals surface area contributed by atoms with Gasteiger partial charge in [-0.3, -0.25) is 10.0 Å². The topological polar surface area (TPSA) is 49.3 Å². The van der Waals surface area contributed by atoms with E-state index < -0.39 is 5.91 Å². The second-order valence-electron chi connectivity index (χ2n) is 4.28. The Morgan fingerprint density at radius 2 is 1.47 bits per heavy atom. The van der Waals surface area contributed by atoms with Crippen molar-refractivity contribution in [3.05, 3.63) is 35.9 Å². The van der Waals surface area contributed by atoms with E-state index in [2.05, 4.69) is 51.1 Å². The summed E-state index contributed by atoms with van der Waals surface area (Å²) in [4.78, 5) is 9.45. The minimum Gasteiger partial charge on any atom is -0.289 e. The highest BCUT2D eigenvalue weighted by Gasteiger charge is 2.11. The van der Waals surface area contributed by atoms with Gasteiger partial charge in [-0.25, -0.2) is 5.48 Å². The van der Waals surface area contributed by atoms with Crippen molar-refractivity contribution in [1.82, 2.24) is 5.48 Å². The third-order valence-corrected chi connectivity index (χ3v) is 1.80. The van der Waals surface area contributed by atoms with Gasteiger partial charge in [0.05, 0.1) is 0 Å². The highest BCUT2D eigenvalue weighted by molar-refractivity contribution is 5.71. The first-order valence-corrected chi connectivity index (χ1v) is 5.84. The van der Waals surface area contributed by atoms with Crippen LogP contribution in [0.1, 0.15) is 47.1 Å². The summed E-state index contributed by atoms with van der Waals surface area (Å²) in [6.45, 7) is 11.9. The zero-order chi connectivity index (χ0) is 13.9. The molecule has 1 amide bonds. The molecule has 0 fully saturated rings. The summed E-state index contributed by atoms with van der Waals surface area (Å²) in [6, 6.07) is 10.6. The van der Waals surface area contributed by atoms with E-state index in [1.807, 2.05) is 13.8 Å². The molecular weight excluding hydrogens is 214 g/mol. The number of hydrogen-bond acceptors (Lipinski definition) is 2. The summed E-state index contributed by atoms with van der Waals surface area (Å²) >= 11 is 0. The first-order valence-electron chi connectivity index (χ1n) is 5.84. The summed E-state index contributed by atoms with van der Waals surface area (Å²) in [6.07, 6.45) is 0. The Balaban J connectivity index is 0. The molecule has 1 rings (SSSR count). The minimum atomic E-state index is -0.440. The Morgan fingerprint density at radius 1 is 1.12 bits per heavy atom. The summed E-state index contributed by atoms with van der Waals surface area (Å²) < 4.78 is 0. The largest absolute Gasteiger partial charge is 0.289 e. The van der Waals surface area contributed by atoms with Gasteiger partial charge in [-0.15, -0.1) is 0 Å². The lowest BCUT2D eigenvalue weighted by Gasteiger charge is -2.18. The number of nitrogens with one attached hydrogen (secondary N) is 1. The summed E-state index contributed by atoms with van der Waals surface area (Å²) in [5.41, 5.74) is 3.08. The smallest absolute Gasteiger partial charge is 0.240 e. The van der Waals surface area contributed by atoms with Crippen LogP contribution < -0.4 is 5.48 Å². The van der Waals surface area contributed by atoms with Crippen LogP contribution in [-0.2, 0) is 10.2 Å². The SMILES string of the molecule is CC.CC(=O)NO.CC(C)(C)c1ccccc1. The van der Waals surface area contributed by atoms with Crippen molar-refractivity contribution in [2.24, 2.45) is 0 Å². The molecular formula is C14H25NO2. The van der Waals surface area contributed by atoms with Gasteiger partial charge in [0.1, 0.15) is 0 Å². The zero-order valence-electron chi connectivity index (χ0n) is 11.7. The molecule has 2 N–H and O–H groups in total. The van der Waals surface area contributed by atoms with E-state index >= 15 is 0 Å². The molecule has 0 aliphatic heterocycles. The number of rotatable bonds is 0. The summed E-state index contributed by atoms with van der Waals surface area (Å²) in [5, 5.41) is 7.54. The molecule has 0 aromatic heterocycles. The normalized spacial score (nSPS) is 9.12. The van der Waals surface area contributed by atoms with Crippen molar-refractivity contribution in [2.75, 3.05) is 0 Å². The summed E-state index contributed by atoms with van der Waals surface area (Å²) in [7, 11) is 0. The molecule has 3 heteroatoms. The first kappa shape index (κ1) is 18.0. The van der Waals surface area contributed by atoms with E-state index in [0.717, 1.165) is 0 Å². The van der Waals surface area contributed by atoms with E-state index in [0.29, 0.717) is 5.41 Å². The molecule has 0 heterocycles. The molecule has 0 bridgehead atoms. The second kappa shape index (κ2) is 9.85. The van der Waals surface area contributed by atoms with Gasteiger partial charge in [0, 0.05) is 6.92 Å². The van der Waals surface area contributed by atoms with Crippen LogP contribution >= 0.6 is 0 Å². The molecule has 98 valence electrons. The lowest BCUT2D eigenvalue weighted by Crippen LogP contribution is -2.12. The number of carbonyl (C=O) groups excluding carboxylic acids is 1. The zero-order valence-corrected chi connectivity index (χ0v) is 11.7. The highest BCUT2D eigenvalue weighted by Crippen LogP contribution is 2.20. The predicted octanol–water partition coefficient (Wildman–Crippen LogP) is 3.52. The van der Waals surface area contributed by atoms with Gasteiger partial charge < -0.3 is 0 Å². The van der Waals surface area contributed by atoms with Gasteiger partial charge in [0.2, 0.25) is 5.91 Å². The van der Waals surface area contributed by atoms with Crippen LogP contribution in [0.3, 0.4) is 0 Å². The van der Waals surface area contributed by atoms with Crippen molar-refractivity contribution < 1.29 is 10.0 Å².